The van der Waals surface area contributed by atoms with E-state index in [4.69, 9.17) is 0 Å². The second-order valence-corrected chi connectivity index (χ2v) is 7.86. The smallest absolute Gasteiger partial charge is 0.227 e. The lowest BCUT2D eigenvalue weighted by atomic mass is 9.74. The standard InChI is InChI=1S/C22H37NO/c1-3-21(4-2)23-22(24)20-15-11-10-14-19(16-17-20)18-12-8-6-5-7-9-13-18/h3-4,18-20H,1,5-17H2,2H3,(H,23,24)/b21-4+. The Morgan fingerprint density at radius 2 is 1.38 bits per heavy atom. The first kappa shape index (κ1) is 19.3. The molecule has 136 valence electrons. The maximum Gasteiger partial charge on any atom is 0.227 e. The Morgan fingerprint density at radius 1 is 0.833 bits per heavy atom. The molecule has 0 aliphatic heterocycles. The molecule has 2 rings (SSSR count). The van der Waals surface area contributed by atoms with Gasteiger partial charge in [0.15, 0.2) is 0 Å². The lowest BCUT2D eigenvalue weighted by Crippen LogP contribution is -2.31. The van der Waals surface area contributed by atoms with E-state index in [1.807, 2.05) is 13.0 Å². The number of hydrogen-bond donors (Lipinski definition) is 1. The van der Waals surface area contributed by atoms with Crippen molar-refractivity contribution in [3.63, 3.8) is 0 Å². The Labute approximate surface area is 149 Å². The summed E-state index contributed by atoms with van der Waals surface area (Å²) in [4.78, 5) is 12.6. The fourth-order valence-corrected chi connectivity index (χ4v) is 4.68. The minimum absolute atomic E-state index is 0.191. The van der Waals surface area contributed by atoms with Crippen LogP contribution in [-0.2, 0) is 4.79 Å². The zero-order chi connectivity index (χ0) is 17.2. The lowest BCUT2D eigenvalue weighted by Gasteiger charge is -2.32. The summed E-state index contributed by atoms with van der Waals surface area (Å²) in [5.74, 6) is 2.18. The first-order valence-electron chi connectivity index (χ1n) is 10.3. The van der Waals surface area contributed by atoms with Gasteiger partial charge in [0.25, 0.3) is 0 Å². The zero-order valence-corrected chi connectivity index (χ0v) is 15.7. The molecule has 0 saturated heterocycles. The molecule has 0 aromatic rings. The molecule has 24 heavy (non-hydrogen) atoms. The van der Waals surface area contributed by atoms with Gasteiger partial charge in [0.2, 0.25) is 5.91 Å². The van der Waals surface area contributed by atoms with Gasteiger partial charge in [-0.15, -0.1) is 0 Å². The molecule has 0 radical (unpaired) electrons. The van der Waals surface area contributed by atoms with E-state index >= 15 is 0 Å². The average molecular weight is 332 g/mol. The Kier molecular flexibility index (Phi) is 8.63. The molecule has 2 aliphatic carbocycles. The van der Waals surface area contributed by atoms with Gasteiger partial charge in [0, 0.05) is 11.6 Å². The van der Waals surface area contributed by atoms with Crippen LogP contribution in [0.1, 0.15) is 90.4 Å². The predicted octanol–water partition coefficient (Wildman–Crippen LogP) is 6.14. The van der Waals surface area contributed by atoms with Gasteiger partial charge in [-0.2, -0.15) is 0 Å². The van der Waals surface area contributed by atoms with E-state index < -0.39 is 0 Å². The third-order valence-corrected chi connectivity index (χ3v) is 6.25. The van der Waals surface area contributed by atoms with Crippen molar-refractivity contribution in [1.82, 2.24) is 5.32 Å². The first-order chi connectivity index (χ1) is 11.7. The van der Waals surface area contributed by atoms with Gasteiger partial charge < -0.3 is 5.32 Å². The molecule has 1 amide bonds. The first-order valence-corrected chi connectivity index (χ1v) is 10.3. The monoisotopic (exact) mass is 331 g/mol. The molecule has 2 fully saturated rings. The number of amides is 1. The van der Waals surface area contributed by atoms with Gasteiger partial charge in [-0.1, -0.05) is 76.9 Å². The second kappa shape index (κ2) is 10.7. The van der Waals surface area contributed by atoms with Gasteiger partial charge in [-0.25, -0.2) is 0 Å². The van der Waals surface area contributed by atoms with Crippen LogP contribution >= 0.6 is 0 Å². The molecule has 0 aromatic heterocycles. The molecule has 2 nitrogen and oxygen atoms in total. The highest BCUT2D eigenvalue weighted by atomic mass is 16.1. The second-order valence-electron chi connectivity index (χ2n) is 7.86. The maximum atomic E-state index is 12.6. The van der Waals surface area contributed by atoms with E-state index in [1.54, 1.807) is 6.08 Å². The van der Waals surface area contributed by atoms with Crippen molar-refractivity contribution >= 4 is 5.91 Å². The van der Waals surface area contributed by atoms with Crippen molar-refractivity contribution < 1.29 is 4.79 Å². The zero-order valence-electron chi connectivity index (χ0n) is 15.7. The van der Waals surface area contributed by atoms with E-state index in [1.165, 1.54) is 70.6 Å². The van der Waals surface area contributed by atoms with Gasteiger partial charge in [-0.3, -0.25) is 4.79 Å². The van der Waals surface area contributed by atoms with Crippen molar-refractivity contribution in [2.75, 3.05) is 0 Å². The largest absolute Gasteiger partial charge is 0.326 e. The molecule has 2 saturated carbocycles. The van der Waals surface area contributed by atoms with Crippen molar-refractivity contribution in [3.05, 3.63) is 24.4 Å². The molecule has 0 heterocycles. The maximum absolute atomic E-state index is 12.6. The highest BCUT2D eigenvalue weighted by Crippen LogP contribution is 2.37. The molecular weight excluding hydrogens is 294 g/mol. The minimum atomic E-state index is 0.191. The Balaban J connectivity index is 1.89. The molecule has 0 bridgehead atoms. The summed E-state index contributed by atoms with van der Waals surface area (Å²) in [6, 6.07) is 0. The summed E-state index contributed by atoms with van der Waals surface area (Å²) in [6.07, 6.45) is 21.0. The molecule has 0 spiro atoms. The third kappa shape index (κ3) is 6.11. The van der Waals surface area contributed by atoms with Crippen LogP contribution in [0, 0.1) is 17.8 Å². The van der Waals surface area contributed by atoms with E-state index in [0.29, 0.717) is 0 Å². The summed E-state index contributed by atoms with van der Waals surface area (Å²) in [6.45, 7) is 5.71. The van der Waals surface area contributed by atoms with E-state index in [2.05, 4.69) is 11.9 Å². The molecule has 1 N–H and O–H groups in total. The van der Waals surface area contributed by atoms with Crippen LogP contribution in [0.5, 0.6) is 0 Å². The fourth-order valence-electron chi connectivity index (χ4n) is 4.68. The van der Waals surface area contributed by atoms with Crippen molar-refractivity contribution in [2.24, 2.45) is 17.8 Å². The van der Waals surface area contributed by atoms with Crippen molar-refractivity contribution in [1.29, 1.82) is 0 Å². The van der Waals surface area contributed by atoms with E-state index in [-0.39, 0.29) is 11.8 Å². The molecule has 2 unspecified atom stereocenters. The highest BCUT2D eigenvalue weighted by Gasteiger charge is 2.27. The fraction of sp³-hybridized carbons (Fsp3) is 0.773. The van der Waals surface area contributed by atoms with Crippen LogP contribution in [0.25, 0.3) is 0 Å². The SMILES string of the molecule is C=C/C(=C\C)NC(=O)C1CCCCC(C2CCCCCCC2)CC1. The van der Waals surface area contributed by atoms with Gasteiger partial charge in [0.1, 0.15) is 0 Å². The lowest BCUT2D eigenvalue weighted by molar-refractivity contribution is -0.125. The highest BCUT2D eigenvalue weighted by molar-refractivity contribution is 5.80. The number of nitrogens with one attached hydrogen (secondary N) is 1. The molecule has 2 atom stereocenters. The minimum Gasteiger partial charge on any atom is -0.326 e. The molecule has 2 aliphatic rings. The van der Waals surface area contributed by atoms with Gasteiger partial charge in [0.05, 0.1) is 0 Å². The topological polar surface area (TPSA) is 29.1 Å². The molecule has 0 aromatic carbocycles. The van der Waals surface area contributed by atoms with Crippen LogP contribution in [-0.4, -0.2) is 5.91 Å². The normalized spacial score (nSPS) is 28.1. The summed E-state index contributed by atoms with van der Waals surface area (Å²) >= 11 is 0. The predicted molar refractivity (Wildman–Crippen MR) is 103 cm³/mol. The third-order valence-electron chi connectivity index (χ3n) is 6.25. The Hall–Kier alpha value is -1.05. The average Bonchev–Trinajstić information content (AvgIpc) is 2.53. The van der Waals surface area contributed by atoms with Gasteiger partial charge >= 0.3 is 0 Å². The summed E-state index contributed by atoms with van der Waals surface area (Å²) < 4.78 is 0. The van der Waals surface area contributed by atoms with E-state index in [9.17, 15) is 4.79 Å². The summed E-state index contributed by atoms with van der Waals surface area (Å²) in [7, 11) is 0. The van der Waals surface area contributed by atoms with Crippen molar-refractivity contribution in [3.8, 4) is 0 Å². The number of hydrogen-bond acceptors (Lipinski definition) is 1. The quantitative estimate of drug-likeness (QED) is 0.616. The van der Waals surface area contributed by atoms with E-state index in [0.717, 1.165) is 30.4 Å². The van der Waals surface area contributed by atoms with Crippen molar-refractivity contribution in [2.45, 2.75) is 90.4 Å². The van der Waals surface area contributed by atoms with Crippen LogP contribution < -0.4 is 5.32 Å². The molecule has 2 heteroatoms. The van der Waals surface area contributed by atoms with Crippen LogP contribution in [0.2, 0.25) is 0 Å². The van der Waals surface area contributed by atoms with Crippen LogP contribution in [0.15, 0.2) is 24.4 Å². The summed E-state index contributed by atoms with van der Waals surface area (Å²) in [5.41, 5.74) is 0.846. The number of rotatable bonds is 4. The van der Waals surface area contributed by atoms with Crippen LogP contribution in [0.4, 0.5) is 0 Å². The number of carbonyl (C=O) groups excluding carboxylic acids is 1. The Bertz CT molecular complexity index is 418. The molecular formula is C22H37NO. The van der Waals surface area contributed by atoms with Crippen LogP contribution in [0.3, 0.4) is 0 Å². The number of allylic oxidation sites excluding steroid dienone is 2. The summed E-state index contributed by atoms with van der Waals surface area (Å²) in [5, 5.41) is 3.05. The number of carbonyl (C=O) groups is 1. The Morgan fingerprint density at radius 3 is 2.00 bits per heavy atom. The van der Waals surface area contributed by atoms with Gasteiger partial charge in [-0.05, 0) is 44.1 Å².